The van der Waals surface area contributed by atoms with Gasteiger partial charge >= 0.3 is 0 Å². The van der Waals surface area contributed by atoms with E-state index in [2.05, 4.69) is 34.8 Å². The topological polar surface area (TPSA) is 64.3 Å². The molecular weight excluding hydrogens is 340 g/mol. The third-order valence-corrected chi connectivity index (χ3v) is 4.80. The molecule has 1 aliphatic heterocycles. The molecule has 0 amide bonds. The van der Waals surface area contributed by atoms with Gasteiger partial charge in [0.05, 0.1) is 24.2 Å². The van der Waals surface area contributed by atoms with Gasteiger partial charge in [-0.3, -0.25) is 4.98 Å². The molecule has 1 fully saturated rings. The number of hydrogen-bond donors (Lipinski definition) is 0. The molecule has 4 heterocycles. The Morgan fingerprint density at radius 3 is 2.48 bits per heavy atom. The fourth-order valence-electron chi connectivity index (χ4n) is 3.63. The molecule has 0 bridgehead atoms. The number of pyridine rings is 1. The van der Waals surface area contributed by atoms with E-state index in [4.69, 9.17) is 14.1 Å². The number of aryl methyl sites for hydroxylation is 2. The third-order valence-electron chi connectivity index (χ3n) is 4.80. The van der Waals surface area contributed by atoms with Gasteiger partial charge in [0.1, 0.15) is 5.76 Å². The number of aromatic nitrogens is 3. The molecule has 27 heavy (non-hydrogen) atoms. The lowest BCUT2D eigenvalue weighted by molar-refractivity contribution is -0.00571. The van der Waals surface area contributed by atoms with Crippen LogP contribution in [-0.2, 0) is 4.74 Å². The van der Waals surface area contributed by atoms with Crippen molar-refractivity contribution in [2.24, 2.45) is 0 Å². The van der Waals surface area contributed by atoms with Crippen LogP contribution in [0.4, 0.5) is 5.95 Å². The zero-order valence-electron chi connectivity index (χ0n) is 16.1. The Bertz CT molecular complexity index is 943. The number of nitrogens with zero attached hydrogens (tertiary/aromatic N) is 4. The lowest BCUT2D eigenvalue weighted by atomic mass is 10.0. The van der Waals surface area contributed by atoms with Crippen LogP contribution in [0.15, 0.2) is 41.3 Å². The fraction of sp³-hybridized carbons (Fsp3) is 0.381. The first-order chi connectivity index (χ1) is 13.0. The molecule has 0 N–H and O–H groups in total. The van der Waals surface area contributed by atoms with Crippen LogP contribution in [-0.4, -0.2) is 40.2 Å². The first-order valence-corrected chi connectivity index (χ1v) is 9.26. The Kier molecular flexibility index (Phi) is 4.66. The summed E-state index contributed by atoms with van der Waals surface area (Å²) in [6.45, 7) is 9.66. The molecule has 140 valence electrons. The quantitative estimate of drug-likeness (QED) is 0.699. The summed E-state index contributed by atoms with van der Waals surface area (Å²) in [6, 6.07) is 6.00. The summed E-state index contributed by atoms with van der Waals surface area (Å²) in [5.74, 6) is 1.57. The molecule has 0 saturated carbocycles. The maximum absolute atomic E-state index is 5.85. The first-order valence-electron chi connectivity index (χ1n) is 9.26. The number of furan rings is 1. The van der Waals surface area contributed by atoms with E-state index in [1.54, 1.807) is 6.26 Å². The maximum atomic E-state index is 5.85. The van der Waals surface area contributed by atoms with E-state index >= 15 is 0 Å². The minimum atomic E-state index is 0.152. The van der Waals surface area contributed by atoms with Crippen LogP contribution in [0.25, 0.3) is 22.4 Å². The molecule has 3 aromatic rings. The number of ether oxygens (including phenoxy) is 1. The molecule has 0 radical (unpaired) electrons. The standard InChI is InChI=1S/C21H24N4O2/c1-13-9-17(5-7-22-13)19-10-23-21(25-11-14(2)27-15(3)12-25)24-20(19)18-6-8-26-16(18)4/h5-10,14-15H,11-12H2,1-4H3/t14-,15-/m1/s1. The van der Waals surface area contributed by atoms with Crippen molar-refractivity contribution in [3.63, 3.8) is 0 Å². The minimum Gasteiger partial charge on any atom is -0.469 e. The molecule has 4 rings (SSSR count). The predicted molar refractivity (Wildman–Crippen MR) is 105 cm³/mol. The van der Waals surface area contributed by atoms with Gasteiger partial charge in [0.2, 0.25) is 5.95 Å². The highest BCUT2D eigenvalue weighted by atomic mass is 16.5. The molecule has 6 nitrogen and oxygen atoms in total. The van der Waals surface area contributed by atoms with Crippen molar-refractivity contribution < 1.29 is 9.15 Å². The first kappa shape index (κ1) is 17.7. The zero-order chi connectivity index (χ0) is 19.0. The predicted octanol–water partition coefficient (Wildman–Crippen LogP) is 4.03. The van der Waals surface area contributed by atoms with Crippen LogP contribution < -0.4 is 4.90 Å². The molecule has 1 aliphatic rings. The number of morpholine rings is 1. The molecule has 2 atom stereocenters. The third kappa shape index (κ3) is 3.57. The van der Waals surface area contributed by atoms with E-state index in [0.717, 1.165) is 52.9 Å². The highest BCUT2D eigenvalue weighted by Gasteiger charge is 2.25. The van der Waals surface area contributed by atoms with Crippen molar-refractivity contribution in [1.29, 1.82) is 0 Å². The smallest absolute Gasteiger partial charge is 0.226 e. The van der Waals surface area contributed by atoms with Gasteiger partial charge in [0.25, 0.3) is 0 Å². The monoisotopic (exact) mass is 364 g/mol. The van der Waals surface area contributed by atoms with E-state index in [1.165, 1.54) is 0 Å². The number of anilines is 1. The van der Waals surface area contributed by atoms with Gasteiger partial charge in [-0.2, -0.15) is 0 Å². The van der Waals surface area contributed by atoms with Gasteiger partial charge in [-0.25, -0.2) is 9.97 Å². The lowest BCUT2D eigenvalue weighted by Crippen LogP contribution is -2.46. The molecule has 1 saturated heterocycles. The molecular formula is C21H24N4O2. The van der Waals surface area contributed by atoms with Crippen molar-refractivity contribution in [3.8, 4) is 22.4 Å². The maximum Gasteiger partial charge on any atom is 0.226 e. The van der Waals surface area contributed by atoms with E-state index in [-0.39, 0.29) is 12.2 Å². The molecule has 3 aromatic heterocycles. The second-order valence-corrected chi connectivity index (χ2v) is 7.17. The van der Waals surface area contributed by atoms with Gasteiger partial charge in [0.15, 0.2) is 0 Å². The van der Waals surface area contributed by atoms with Crippen molar-refractivity contribution in [2.45, 2.75) is 39.9 Å². The Hall–Kier alpha value is -2.73. The van der Waals surface area contributed by atoms with Crippen molar-refractivity contribution in [3.05, 3.63) is 48.3 Å². The Morgan fingerprint density at radius 2 is 1.81 bits per heavy atom. The van der Waals surface area contributed by atoms with E-state index in [0.29, 0.717) is 0 Å². The van der Waals surface area contributed by atoms with Crippen LogP contribution in [0.2, 0.25) is 0 Å². The van der Waals surface area contributed by atoms with Crippen LogP contribution in [0.5, 0.6) is 0 Å². The van der Waals surface area contributed by atoms with Gasteiger partial charge in [-0.1, -0.05) is 0 Å². The van der Waals surface area contributed by atoms with E-state index in [1.807, 2.05) is 38.4 Å². The Morgan fingerprint density at radius 1 is 1.04 bits per heavy atom. The zero-order valence-corrected chi connectivity index (χ0v) is 16.1. The van der Waals surface area contributed by atoms with Gasteiger partial charge in [-0.05, 0) is 51.5 Å². The van der Waals surface area contributed by atoms with Gasteiger partial charge < -0.3 is 14.1 Å². The molecule has 0 aromatic carbocycles. The molecule has 0 spiro atoms. The summed E-state index contributed by atoms with van der Waals surface area (Å²) in [7, 11) is 0. The van der Waals surface area contributed by atoms with E-state index < -0.39 is 0 Å². The van der Waals surface area contributed by atoms with Crippen molar-refractivity contribution in [1.82, 2.24) is 15.0 Å². The van der Waals surface area contributed by atoms with E-state index in [9.17, 15) is 0 Å². The fourth-order valence-corrected chi connectivity index (χ4v) is 3.63. The molecule has 0 aliphatic carbocycles. The highest BCUT2D eigenvalue weighted by Crippen LogP contribution is 2.34. The summed E-state index contributed by atoms with van der Waals surface area (Å²) < 4.78 is 11.4. The lowest BCUT2D eigenvalue weighted by Gasteiger charge is -2.35. The summed E-state index contributed by atoms with van der Waals surface area (Å²) in [4.78, 5) is 16.1. The highest BCUT2D eigenvalue weighted by molar-refractivity contribution is 5.81. The normalized spacial score (nSPS) is 20.1. The van der Waals surface area contributed by atoms with Crippen LogP contribution >= 0.6 is 0 Å². The number of rotatable bonds is 3. The Balaban J connectivity index is 1.82. The second-order valence-electron chi connectivity index (χ2n) is 7.17. The van der Waals surface area contributed by atoms with Crippen molar-refractivity contribution in [2.75, 3.05) is 18.0 Å². The van der Waals surface area contributed by atoms with Gasteiger partial charge in [0, 0.05) is 42.3 Å². The summed E-state index contributed by atoms with van der Waals surface area (Å²) in [5.41, 5.74) is 4.85. The molecule has 0 unspecified atom stereocenters. The largest absolute Gasteiger partial charge is 0.469 e. The van der Waals surface area contributed by atoms with Crippen LogP contribution in [0.1, 0.15) is 25.3 Å². The van der Waals surface area contributed by atoms with Crippen molar-refractivity contribution >= 4 is 5.95 Å². The second kappa shape index (κ2) is 7.12. The summed E-state index contributed by atoms with van der Waals surface area (Å²) in [6.07, 6.45) is 5.73. The average Bonchev–Trinajstić information content (AvgIpc) is 3.06. The summed E-state index contributed by atoms with van der Waals surface area (Å²) >= 11 is 0. The molecule has 6 heteroatoms. The minimum absolute atomic E-state index is 0.152. The van der Waals surface area contributed by atoms with Crippen LogP contribution in [0, 0.1) is 13.8 Å². The van der Waals surface area contributed by atoms with Crippen LogP contribution in [0.3, 0.4) is 0 Å². The summed E-state index contributed by atoms with van der Waals surface area (Å²) in [5, 5.41) is 0. The Labute approximate surface area is 159 Å². The number of hydrogen-bond acceptors (Lipinski definition) is 6. The SMILES string of the molecule is Cc1cc(-c2cnc(N3C[C@@H](C)O[C@H](C)C3)nc2-c2ccoc2C)ccn1. The van der Waals surface area contributed by atoms with Gasteiger partial charge in [-0.15, -0.1) is 0 Å². The average molecular weight is 364 g/mol.